The number of carbonyl (C=O) groups is 1. The first-order valence-electron chi connectivity index (χ1n) is 6.13. The summed E-state index contributed by atoms with van der Waals surface area (Å²) in [5, 5.41) is 0. The van der Waals surface area contributed by atoms with Gasteiger partial charge in [-0.2, -0.15) is 13.2 Å². The molecule has 1 aliphatic rings. The Morgan fingerprint density at radius 2 is 1.74 bits per heavy atom. The molecule has 1 nitrogen and oxygen atoms in total. The Balaban J connectivity index is 2.24. The van der Waals surface area contributed by atoms with Crippen LogP contribution in [0.3, 0.4) is 0 Å². The van der Waals surface area contributed by atoms with Crippen molar-refractivity contribution in [2.75, 3.05) is 0 Å². The van der Waals surface area contributed by atoms with Crippen molar-refractivity contribution < 1.29 is 18.0 Å². The number of allylic oxidation sites excluding steroid dienone is 1. The highest BCUT2D eigenvalue weighted by Crippen LogP contribution is 2.38. The number of carbonyl (C=O) groups excluding carboxylic acids is 1. The van der Waals surface area contributed by atoms with E-state index < -0.39 is 11.7 Å². The van der Waals surface area contributed by atoms with E-state index in [1.807, 2.05) is 13.8 Å². The van der Waals surface area contributed by atoms with Crippen LogP contribution in [0.15, 0.2) is 29.8 Å². The lowest BCUT2D eigenvalue weighted by atomic mass is 9.90. The summed E-state index contributed by atoms with van der Waals surface area (Å²) in [6, 6.07) is 4.87. The lowest BCUT2D eigenvalue weighted by Gasteiger charge is -2.12. The highest BCUT2D eigenvalue weighted by Gasteiger charge is 2.36. The second-order valence-corrected chi connectivity index (χ2v) is 5.50. The molecule has 0 aliphatic heterocycles. The van der Waals surface area contributed by atoms with Crippen molar-refractivity contribution in [1.82, 2.24) is 0 Å². The average Bonchev–Trinajstić information content (AvgIpc) is 2.56. The second-order valence-electron chi connectivity index (χ2n) is 5.50. The van der Waals surface area contributed by atoms with Gasteiger partial charge in [0.25, 0.3) is 0 Å². The van der Waals surface area contributed by atoms with Crippen LogP contribution in [0.2, 0.25) is 0 Å². The summed E-state index contributed by atoms with van der Waals surface area (Å²) < 4.78 is 37.3. The molecule has 1 fully saturated rings. The quantitative estimate of drug-likeness (QED) is 0.686. The molecule has 1 aromatic rings. The van der Waals surface area contributed by atoms with Crippen LogP contribution in [0, 0.1) is 5.41 Å². The largest absolute Gasteiger partial charge is 0.416 e. The summed E-state index contributed by atoms with van der Waals surface area (Å²) in [7, 11) is 0. The molecular weight excluding hydrogens is 253 g/mol. The van der Waals surface area contributed by atoms with Crippen LogP contribution in [0.1, 0.15) is 37.8 Å². The number of alkyl halides is 3. The first kappa shape index (κ1) is 13.8. The minimum atomic E-state index is -4.32. The van der Waals surface area contributed by atoms with Crippen LogP contribution in [0.5, 0.6) is 0 Å². The summed E-state index contributed by atoms with van der Waals surface area (Å²) in [5.41, 5.74) is 0.309. The molecule has 0 heterocycles. The Hall–Kier alpha value is -1.58. The van der Waals surface area contributed by atoms with Gasteiger partial charge in [0, 0.05) is 5.41 Å². The lowest BCUT2D eigenvalue weighted by molar-refractivity contribution is -0.137. The van der Waals surface area contributed by atoms with E-state index >= 15 is 0 Å². The first-order valence-corrected chi connectivity index (χ1v) is 6.13. The third-order valence-corrected chi connectivity index (χ3v) is 3.50. The van der Waals surface area contributed by atoms with E-state index in [-0.39, 0.29) is 11.2 Å². The van der Waals surface area contributed by atoms with Gasteiger partial charge < -0.3 is 0 Å². The number of hydrogen-bond acceptors (Lipinski definition) is 1. The smallest absolute Gasteiger partial charge is 0.294 e. The van der Waals surface area contributed by atoms with Gasteiger partial charge in [0.2, 0.25) is 0 Å². The van der Waals surface area contributed by atoms with Gasteiger partial charge in [-0.1, -0.05) is 26.0 Å². The topological polar surface area (TPSA) is 17.1 Å². The van der Waals surface area contributed by atoms with Gasteiger partial charge in [0.15, 0.2) is 5.78 Å². The van der Waals surface area contributed by atoms with Crippen molar-refractivity contribution in [1.29, 1.82) is 0 Å². The third-order valence-electron chi connectivity index (χ3n) is 3.50. The van der Waals surface area contributed by atoms with Gasteiger partial charge in [-0.25, -0.2) is 0 Å². The molecule has 0 amide bonds. The molecule has 2 rings (SSSR count). The average molecular weight is 268 g/mol. The predicted molar refractivity (Wildman–Crippen MR) is 67.4 cm³/mol. The summed E-state index contributed by atoms with van der Waals surface area (Å²) in [4.78, 5) is 12.0. The molecule has 19 heavy (non-hydrogen) atoms. The summed E-state index contributed by atoms with van der Waals surface area (Å²) in [6.07, 6.45) is -1.15. The molecule has 1 saturated carbocycles. The molecule has 1 aromatic carbocycles. The molecule has 0 aromatic heterocycles. The van der Waals surface area contributed by atoms with Crippen LogP contribution in [-0.2, 0) is 11.0 Å². The Morgan fingerprint density at radius 1 is 1.16 bits per heavy atom. The summed E-state index contributed by atoms with van der Waals surface area (Å²) >= 11 is 0. The minimum Gasteiger partial charge on any atom is -0.294 e. The van der Waals surface area contributed by atoms with Gasteiger partial charge >= 0.3 is 6.18 Å². The van der Waals surface area contributed by atoms with Crippen molar-refractivity contribution in [3.8, 4) is 0 Å². The van der Waals surface area contributed by atoms with E-state index in [0.29, 0.717) is 17.6 Å². The number of ketones is 1. The van der Waals surface area contributed by atoms with E-state index in [4.69, 9.17) is 0 Å². The molecule has 1 aliphatic carbocycles. The van der Waals surface area contributed by atoms with Crippen molar-refractivity contribution in [2.24, 2.45) is 5.41 Å². The van der Waals surface area contributed by atoms with E-state index in [1.54, 1.807) is 6.08 Å². The van der Waals surface area contributed by atoms with E-state index in [2.05, 4.69) is 0 Å². The zero-order chi connectivity index (χ0) is 14.3. The fourth-order valence-electron chi connectivity index (χ4n) is 2.22. The molecule has 0 unspecified atom stereocenters. The van der Waals surface area contributed by atoms with Crippen LogP contribution in [0.25, 0.3) is 6.08 Å². The maximum absolute atomic E-state index is 12.4. The molecular formula is C15H15F3O. The molecule has 102 valence electrons. The maximum Gasteiger partial charge on any atom is 0.416 e. The fourth-order valence-corrected chi connectivity index (χ4v) is 2.22. The van der Waals surface area contributed by atoms with Crippen molar-refractivity contribution in [3.63, 3.8) is 0 Å². The number of halogens is 3. The van der Waals surface area contributed by atoms with Gasteiger partial charge in [0.1, 0.15) is 0 Å². The number of Topliss-reactive ketones (excluding diaryl/α,β-unsaturated/α-hetero) is 1. The maximum atomic E-state index is 12.4. The van der Waals surface area contributed by atoms with Crippen molar-refractivity contribution in [3.05, 3.63) is 41.0 Å². The highest BCUT2D eigenvalue weighted by atomic mass is 19.4. The van der Waals surface area contributed by atoms with E-state index in [9.17, 15) is 18.0 Å². The van der Waals surface area contributed by atoms with Crippen molar-refractivity contribution in [2.45, 2.75) is 32.9 Å². The minimum absolute atomic E-state index is 0.0902. The zero-order valence-corrected chi connectivity index (χ0v) is 10.8. The number of hydrogen-bond donors (Lipinski definition) is 0. The molecule has 0 N–H and O–H groups in total. The predicted octanol–water partition coefficient (Wildman–Crippen LogP) is 4.48. The van der Waals surface area contributed by atoms with E-state index in [0.717, 1.165) is 18.6 Å². The van der Waals surface area contributed by atoms with Crippen molar-refractivity contribution >= 4 is 11.9 Å². The van der Waals surface area contributed by atoms with Gasteiger partial charge in [-0.3, -0.25) is 4.79 Å². The SMILES string of the molecule is CC1(C)CCC(=Cc2ccc(C(F)(F)F)cc2)C1=O. The lowest BCUT2D eigenvalue weighted by Crippen LogP contribution is -2.17. The Bertz CT molecular complexity index is 521. The molecule has 0 bridgehead atoms. The Morgan fingerprint density at radius 3 is 2.16 bits per heavy atom. The molecule has 0 saturated heterocycles. The van der Waals surface area contributed by atoms with Gasteiger partial charge in [-0.05, 0) is 42.2 Å². The standard InChI is InChI=1S/C15H15F3O/c1-14(2)8-7-11(13(14)19)9-10-3-5-12(6-4-10)15(16,17)18/h3-6,9H,7-8H2,1-2H3. The third kappa shape index (κ3) is 2.88. The van der Waals surface area contributed by atoms with Gasteiger partial charge in [-0.15, -0.1) is 0 Å². The number of benzene rings is 1. The van der Waals surface area contributed by atoms with Crippen LogP contribution in [0.4, 0.5) is 13.2 Å². The van der Waals surface area contributed by atoms with Crippen LogP contribution in [-0.4, -0.2) is 5.78 Å². The Kier molecular flexibility index (Phi) is 3.29. The molecule has 0 spiro atoms. The zero-order valence-electron chi connectivity index (χ0n) is 10.8. The number of rotatable bonds is 1. The van der Waals surface area contributed by atoms with Gasteiger partial charge in [0.05, 0.1) is 5.56 Å². The highest BCUT2D eigenvalue weighted by molar-refractivity contribution is 6.05. The summed E-state index contributed by atoms with van der Waals surface area (Å²) in [5.74, 6) is 0.0902. The first-order chi connectivity index (χ1) is 8.70. The normalized spacial score (nSPS) is 21.1. The fraction of sp³-hybridized carbons (Fsp3) is 0.400. The molecule has 4 heteroatoms. The van der Waals surface area contributed by atoms with Crippen LogP contribution >= 0.6 is 0 Å². The van der Waals surface area contributed by atoms with Crippen LogP contribution < -0.4 is 0 Å². The van der Waals surface area contributed by atoms with E-state index in [1.165, 1.54) is 12.1 Å². The summed E-state index contributed by atoms with van der Waals surface area (Å²) in [6.45, 7) is 3.78. The monoisotopic (exact) mass is 268 g/mol. The Labute approximate surface area is 110 Å². The second kappa shape index (κ2) is 4.51. The molecule has 0 radical (unpaired) electrons. The molecule has 0 atom stereocenters.